The van der Waals surface area contributed by atoms with Crippen LogP contribution >= 0.6 is 0 Å². The first-order valence-corrected chi connectivity index (χ1v) is 10.2. The summed E-state index contributed by atoms with van der Waals surface area (Å²) in [5.41, 5.74) is -0.730. The van der Waals surface area contributed by atoms with Crippen molar-refractivity contribution < 1.29 is 26.3 Å². The summed E-state index contributed by atoms with van der Waals surface area (Å²) >= 11 is 0. The molecule has 0 bridgehead atoms. The van der Waals surface area contributed by atoms with Gasteiger partial charge in [-0.3, -0.25) is 4.31 Å². The van der Waals surface area contributed by atoms with Crippen molar-refractivity contribution >= 4 is 27.3 Å². The number of fused-ring (bicyclic) bond motifs is 1. The zero-order chi connectivity index (χ0) is 19.9. The van der Waals surface area contributed by atoms with Crippen LogP contribution < -0.4 is 13.9 Å². The Hall–Kier alpha value is -2.30. The third-order valence-electron chi connectivity index (χ3n) is 4.73. The van der Waals surface area contributed by atoms with Gasteiger partial charge in [0.25, 0.3) is 0 Å². The molecular weight excluding hydrogens is 395 g/mol. The number of anilines is 3. The number of nitrogens with zero attached hydrogens (tertiary/aromatic N) is 2. The molecule has 0 saturated carbocycles. The number of ether oxygens (including phenoxy) is 1. The number of morpholine rings is 1. The molecule has 0 radical (unpaired) electrons. The number of hydrogen-bond donors (Lipinski definition) is 1. The summed E-state index contributed by atoms with van der Waals surface area (Å²) in [7, 11) is -4.36. The van der Waals surface area contributed by atoms with Crippen molar-refractivity contribution in [2.75, 3.05) is 34.9 Å². The number of benzene rings is 2. The van der Waals surface area contributed by atoms with Crippen LogP contribution in [0.5, 0.6) is 0 Å². The Kier molecular flexibility index (Phi) is 4.94. The van der Waals surface area contributed by atoms with E-state index in [0.717, 1.165) is 41.2 Å². The smallest absolute Gasteiger partial charge is 0.331 e. The van der Waals surface area contributed by atoms with Gasteiger partial charge in [0.2, 0.25) is 0 Å². The van der Waals surface area contributed by atoms with Crippen LogP contribution in [-0.2, 0) is 14.9 Å². The zero-order valence-electron chi connectivity index (χ0n) is 14.7. The molecule has 150 valence electrons. The highest BCUT2D eigenvalue weighted by atomic mass is 32.2. The Labute approximate surface area is 160 Å². The molecule has 1 atom stereocenters. The molecule has 10 heteroatoms. The lowest BCUT2D eigenvalue weighted by Crippen LogP contribution is -2.42. The largest absolute Gasteiger partial charge is 0.376 e. The van der Waals surface area contributed by atoms with E-state index in [4.69, 9.17) is 4.74 Å². The van der Waals surface area contributed by atoms with Crippen LogP contribution in [0.1, 0.15) is 6.42 Å². The molecule has 6 nitrogen and oxygen atoms in total. The molecule has 1 unspecified atom stereocenters. The van der Waals surface area contributed by atoms with Crippen LogP contribution in [0.2, 0.25) is 0 Å². The van der Waals surface area contributed by atoms with Gasteiger partial charge in [-0.1, -0.05) is 6.07 Å². The predicted molar refractivity (Wildman–Crippen MR) is 98.4 cm³/mol. The standard InChI is InChI=1S/C18H18F3N3O3S/c19-12-4-5-16-17(10-12)24(18-14(20)2-1-3-15(18)21)28(25,26)23(16)8-6-13-11-22-7-9-27-13/h1-5,10,13,22H,6-9,11H2. The summed E-state index contributed by atoms with van der Waals surface area (Å²) in [6.07, 6.45) is 0.184. The van der Waals surface area contributed by atoms with Gasteiger partial charge < -0.3 is 10.1 Å². The van der Waals surface area contributed by atoms with E-state index in [9.17, 15) is 21.6 Å². The zero-order valence-corrected chi connectivity index (χ0v) is 15.6. The quantitative estimate of drug-likeness (QED) is 0.837. The van der Waals surface area contributed by atoms with E-state index in [1.165, 1.54) is 6.07 Å². The third kappa shape index (κ3) is 3.21. The van der Waals surface area contributed by atoms with Crippen molar-refractivity contribution in [3.05, 3.63) is 53.8 Å². The molecule has 0 aliphatic carbocycles. The Morgan fingerprint density at radius 1 is 1.11 bits per heavy atom. The first-order valence-electron chi connectivity index (χ1n) is 8.78. The SMILES string of the molecule is O=S1(=O)N(CCC2CNCCO2)c2ccc(F)cc2N1c1c(F)cccc1F. The second-order valence-electron chi connectivity index (χ2n) is 6.53. The van der Waals surface area contributed by atoms with Gasteiger partial charge in [0, 0.05) is 25.7 Å². The molecule has 28 heavy (non-hydrogen) atoms. The van der Waals surface area contributed by atoms with Crippen LogP contribution in [-0.4, -0.2) is 40.8 Å². The fourth-order valence-corrected chi connectivity index (χ4v) is 5.17. The minimum absolute atomic E-state index is 0.0277. The molecule has 1 fully saturated rings. The first-order chi connectivity index (χ1) is 13.4. The lowest BCUT2D eigenvalue weighted by molar-refractivity contribution is 0.0254. The van der Waals surface area contributed by atoms with Gasteiger partial charge in [0.05, 0.1) is 24.1 Å². The monoisotopic (exact) mass is 413 g/mol. The number of nitrogens with one attached hydrogen (secondary N) is 1. The van der Waals surface area contributed by atoms with E-state index in [-0.39, 0.29) is 24.0 Å². The maximum absolute atomic E-state index is 14.4. The lowest BCUT2D eigenvalue weighted by atomic mass is 10.2. The van der Waals surface area contributed by atoms with Crippen LogP contribution in [0.15, 0.2) is 36.4 Å². The molecule has 1 saturated heterocycles. The van der Waals surface area contributed by atoms with E-state index in [0.29, 0.717) is 23.9 Å². The lowest BCUT2D eigenvalue weighted by Gasteiger charge is -2.27. The number of rotatable bonds is 4. The van der Waals surface area contributed by atoms with Crippen molar-refractivity contribution in [3.8, 4) is 0 Å². The molecule has 4 rings (SSSR count). The van der Waals surface area contributed by atoms with Crippen LogP contribution in [0, 0.1) is 17.5 Å². The molecule has 2 aliphatic heterocycles. The molecule has 2 aromatic carbocycles. The average molecular weight is 413 g/mol. The van der Waals surface area contributed by atoms with Gasteiger partial charge in [-0.05, 0) is 30.7 Å². The topological polar surface area (TPSA) is 61.9 Å². The van der Waals surface area contributed by atoms with Crippen LogP contribution in [0.25, 0.3) is 0 Å². The fraction of sp³-hybridized carbons (Fsp3) is 0.333. The van der Waals surface area contributed by atoms with Crippen molar-refractivity contribution in [1.82, 2.24) is 5.32 Å². The van der Waals surface area contributed by atoms with E-state index in [1.54, 1.807) is 0 Å². The molecule has 0 amide bonds. The third-order valence-corrected chi connectivity index (χ3v) is 6.51. The minimum Gasteiger partial charge on any atom is -0.376 e. The Morgan fingerprint density at radius 3 is 2.54 bits per heavy atom. The highest BCUT2D eigenvalue weighted by Gasteiger charge is 2.43. The van der Waals surface area contributed by atoms with E-state index < -0.39 is 33.3 Å². The van der Waals surface area contributed by atoms with Gasteiger partial charge in [-0.15, -0.1) is 0 Å². The summed E-state index contributed by atoms with van der Waals surface area (Å²) in [5.74, 6) is -2.82. The Bertz CT molecular complexity index is 977. The van der Waals surface area contributed by atoms with Crippen molar-refractivity contribution in [1.29, 1.82) is 0 Å². The number of hydrogen-bond acceptors (Lipinski definition) is 4. The summed E-state index contributed by atoms with van der Waals surface area (Å²) < 4.78 is 76.1. The van der Waals surface area contributed by atoms with Gasteiger partial charge in [0.15, 0.2) is 11.6 Å². The predicted octanol–water partition coefficient (Wildman–Crippen LogP) is 2.69. The van der Waals surface area contributed by atoms with E-state index in [1.807, 2.05) is 0 Å². The minimum atomic E-state index is -4.36. The summed E-state index contributed by atoms with van der Waals surface area (Å²) in [4.78, 5) is 0. The average Bonchev–Trinajstić information content (AvgIpc) is 2.87. The maximum Gasteiger partial charge on any atom is 0.331 e. The maximum atomic E-state index is 14.4. The summed E-state index contributed by atoms with van der Waals surface area (Å²) in [6.45, 7) is 1.85. The normalized spacial score (nSPS) is 21.0. The molecule has 0 aromatic heterocycles. The van der Waals surface area contributed by atoms with E-state index in [2.05, 4.69) is 5.32 Å². The fourth-order valence-electron chi connectivity index (χ4n) is 3.44. The van der Waals surface area contributed by atoms with E-state index >= 15 is 0 Å². The number of para-hydroxylation sites is 1. The highest BCUT2D eigenvalue weighted by Crippen LogP contribution is 2.47. The summed E-state index contributed by atoms with van der Waals surface area (Å²) in [6, 6.07) is 6.41. The summed E-state index contributed by atoms with van der Waals surface area (Å²) in [5, 5.41) is 3.15. The van der Waals surface area contributed by atoms with Gasteiger partial charge >= 0.3 is 10.2 Å². The highest BCUT2D eigenvalue weighted by molar-refractivity contribution is 7.95. The van der Waals surface area contributed by atoms with Gasteiger partial charge in [-0.25, -0.2) is 17.5 Å². The second-order valence-corrected chi connectivity index (χ2v) is 8.23. The molecule has 2 heterocycles. The number of halogens is 3. The molecule has 1 N–H and O–H groups in total. The first kappa shape index (κ1) is 19.0. The van der Waals surface area contributed by atoms with Crippen LogP contribution in [0.4, 0.5) is 30.2 Å². The molecule has 2 aromatic rings. The van der Waals surface area contributed by atoms with Crippen molar-refractivity contribution in [2.24, 2.45) is 0 Å². The molecule has 0 spiro atoms. The Morgan fingerprint density at radius 2 is 1.86 bits per heavy atom. The van der Waals surface area contributed by atoms with Crippen molar-refractivity contribution in [3.63, 3.8) is 0 Å². The molecule has 2 aliphatic rings. The second kappa shape index (κ2) is 7.26. The Balaban J connectivity index is 1.75. The van der Waals surface area contributed by atoms with Gasteiger partial charge in [0.1, 0.15) is 11.5 Å². The van der Waals surface area contributed by atoms with Crippen molar-refractivity contribution in [2.45, 2.75) is 12.5 Å². The molecular formula is C18H18F3N3O3S. The van der Waals surface area contributed by atoms with Crippen LogP contribution in [0.3, 0.4) is 0 Å². The van der Waals surface area contributed by atoms with Gasteiger partial charge in [-0.2, -0.15) is 8.42 Å².